The Balaban J connectivity index is 2.58. The van der Waals surface area contributed by atoms with Crippen molar-refractivity contribution < 1.29 is 14.3 Å². The Morgan fingerprint density at radius 1 is 1.28 bits per heavy atom. The van der Waals surface area contributed by atoms with E-state index in [9.17, 15) is 9.59 Å². The Morgan fingerprint density at radius 3 is 2.72 bits per heavy atom. The van der Waals surface area contributed by atoms with Crippen LogP contribution in [0.25, 0.3) is 10.9 Å². The third-order valence-corrected chi connectivity index (χ3v) is 2.61. The van der Waals surface area contributed by atoms with E-state index in [1.807, 2.05) is 6.07 Å². The van der Waals surface area contributed by atoms with Crippen molar-refractivity contribution in [3.05, 3.63) is 45.7 Å². The molecule has 2 aromatic rings. The van der Waals surface area contributed by atoms with Gasteiger partial charge in [-0.3, -0.25) is 4.79 Å². The molecule has 0 saturated carbocycles. The number of esters is 1. The number of rotatable bonds is 3. The lowest BCUT2D eigenvalue weighted by atomic mass is 10.1. The molecular formula is C13H13NO4. The number of hydrogen-bond acceptors (Lipinski definition) is 4. The molecule has 0 aliphatic carbocycles. The standard InChI is InChI=1S/C13H13NO4/c1-17-7-8-3-4-10-9(5-8)12(15)6-11(14-10)13(16)18-2/h3-6H,7H2,1-2H3,(H,14,15). The number of carbonyl (C=O) groups excluding carboxylic acids is 1. The SMILES string of the molecule is COCc1ccc2[nH]c(C(=O)OC)cc(=O)c2c1. The molecule has 0 atom stereocenters. The fraction of sp³-hybridized carbons (Fsp3) is 0.231. The number of methoxy groups -OCH3 is 2. The molecule has 0 amide bonds. The molecule has 0 spiro atoms. The van der Waals surface area contributed by atoms with Crippen LogP contribution in [0.5, 0.6) is 0 Å². The first kappa shape index (κ1) is 12.3. The number of aromatic amines is 1. The summed E-state index contributed by atoms with van der Waals surface area (Å²) in [5.41, 5.74) is 1.43. The second-order valence-corrected chi connectivity index (χ2v) is 3.85. The van der Waals surface area contributed by atoms with Crippen LogP contribution in [0.3, 0.4) is 0 Å². The molecule has 1 N–H and O–H groups in total. The van der Waals surface area contributed by atoms with E-state index in [-0.39, 0.29) is 11.1 Å². The van der Waals surface area contributed by atoms with Crippen LogP contribution in [0.15, 0.2) is 29.1 Å². The summed E-state index contributed by atoms with van der Waals surface area (Å²) in [6, 6.07) is 6.57. The van der Waals surface area contributed by atoms with Crippen LogP contribution in [-0.4, -0.2) is 25.2 Å². The molecule has 18 heavy (non-hydrogen) atoms. The van der Waals surface area contributed by atoms with Gasteiger partial charge in [-0.15, -0.1) is 0 Å². The van der Waals surface area contributed by atoms with E-state index in [1.165, 1.54) is 13.2 Å². The van der Waals surface area contributed by atoms with E-state index in [0.717, 1.165) is 5.56 Å². The molecule has 2 rings (SSSR count). The van der Waals surface area contributed by atoms with Crippen LogP contribution >= 0.6 is 0 Å². The van der Waals surface area contributed by atoms with Crippen LogP contribution in [0.4, 0.5) is 0 Å². The van der Waals surface area contributed by atoms with Gasteiger partial charge in [-0.1, -0.05) is 6.07 Å². The summed E-state index contributed by atoms with van der Waals surface area (Å²) >= 11 is 0. The average Bonchev–Trinajstić information content (AvgIpc) is 2.38. The summed E-state index contributed by atoms with van der Waals surface area (Å²) in [5.74, 6) is -0.560. The van der Waals surface area contributed by atoms with Gasteiger partial charge in [-0.2, -0.15) is 0 Å². The van der Waals surface area contributed by atoms with E-state index in [4.69, 9.17) is 4.74 Å². The van der Waals surface area contributed by atoms with Gasteiger partial charge < -0.3 is 14.5 Å². The second kappa shape index (κ2) is 5.01. The van der Waals surface area contributed by atoms with Crippen molar-refractivity contribution in [2.45, 2.75) is 6.61 Å². The van der Waals surface area contributed by atoms with Gasteiger partial charge in [-0.05, 0) is 17.7 Å². The first-order valence-corrected chi connectivity index (χ1v) is 5.39. The van der Waals surface area contributed by atoms with Gasteiger partial charge in [-0.25, -0.2) is 4.79 Å². The number of aromatic nitrogens is 1. The van der Waals surface area contributed by atoms with Gasteiger partial charge in [0.25, 0.3) is 0 Å². The van der Waals surface area contributed by atoms with Crippen LogP contribution in [0, 0.1) is 0 Å². The Labute approximate surface area is 103 Å². The summed E-state index contributed by atoms with van der Waals surface area (Å²) in [4.78, 5) is 26.1. The van der Waals surface area contributed by atoms with Gasteiger partial charge in [0.2, 0.25) is 0 Å². The third-order valence-electron chi connectivity index (χ3n) is 2.61. The monoisotopic (exact) mass is 247 g/mol. The summed E-state index contributed by atoms with van der Waals surface area (Å²) in [5, 5.41) is 0.525. The molecule has 5 heteroatoms. The predicted molar refractivity (Wildman–Crippen MR) is 66.6 cm³/mol. The maximum Gasteiger partial charge on any atom is 0.354 e. The highest BCUT2D eigenvalue weighted by Gasteiger charge is 2.09. The number of carbonyl (C=O) groups is 1. The summed E-state index contributed by atoms with van der Waals surface area (Å²) in [6.45, 7) is 0.439. The molecule has 0 fully saturated rings. The molecular weight excluding hydrogens is 234 g/mol. The molecule has 94 valence electrons. The van der Waals surface area contributed by atoms with Gasteiger partial charge in [0, 0.05) is 24.1 Å². The largest absolute Gasteiger partial charge is 0.464 e. The second-order valence-electron chi connectivity index (χ2n) is 3.85. The highest BCUT2D eigenvalue weighted by atomic mass is 16.5. The van der Waals surface area contributed by atoms with Gasteiger partial charge in [0.1, 0.15) is 5.69 Å². The van der Waals surface area contributed by atoms with Crippen molar-refractivity contribution in [2.75, 3.05) is 14.2 Å². The Morgan fingerprint density at radius 2 is 2.06 bits per heavy atom. The zero-order chi connectivity index (χ0) is 13.1. The van der Waals surface area contributed by atoms with Crippen molar-refractivity contribution in [1.82, 2.24) is 4.98 Å². The number of ether oxygens (including phenoxy) is 2. The predicted octanol–water partition coefficient (Wildman–Crippen LogP) is 1.46. The molecule has 5 nitrogen and oxygen atoms in total. The smallest absolute Gasteiger partial charge is 0.354 e. The molecule has 0 saturated heterocycles. The van der Waals surface area contributed by atoms with E-state index in [1.54, 1.807) is 19.2 Å². The molecule has 0 aliphatic rings. The first-order valence-electron chi connectivity index (χ1n) is 5.39. The van der Waals surface area contributed by atoms with Crippen LogP contribution < -0.4 is 5.43 Å². The van der Waals surface area contributed by atoms with Crippen LogP contribution in [0.2, 0.25) is 0 Å². The Hall–Kier alpha value is -2.14. The number of pyridine rings is 1. The van der Waals surface area contributed by atoms with E-state index >= 15 is 0 Å². The third kappa shape index (κ3) is 2.26. The minimum atomic E-state index is -0.560. The zero-order valence-electron chi connectivity index (χ0n) is 10.1. The summed E-state index contributed by atoms with van der Waals surface area (Å²) in [6.07, 6.45) is 0. The van der Waals surface area contributed by atoms with Crippen molar-refractivity contribution in [3.8, 4) is 0 Å². The Kier molecular flexibility index (Phi) is 3.43. The fourth-order valence-corrected chi connectivity index (χ4v) is 1.77. The number of H-pyrrole nitrogens is 1. The normalized spacial score (nSPS) is 10.6. The molecule has 1 aromatic heterocycles. The van der Waals surface area contributed by atoms with Gasteiger partial charge in [0.05, 0.1) is 13.7 Å². The molecule has 1 aromatic carbocycles. The lowest BCUT2D eigenvalue weighted by Gasteiger charge is -2.04. The number of benzene rings is 1. The summed E-state index contributed by atoms with van der Waals surface area (Å²) < 4.78 is 9.58. The average molecular weight is 247 g/mol. The minimum Gasteiger partial charge on any atom is -0.464 e. The maximum absolute atomic E-state index is 11.9. The Bertz CT molecular complexity index is 645. The molecule has 1 heterocycles. The number of nitrogens with one attached hydrogen (secondary N) is 1. The number of hydrogen-bond donors (Lipinski definition) is 1. The van der Waals surface area contributed by atoms with Crippen LogP contribution in [0.1, 0.15) is 16.1 Å². The van der Waals surface area contributed by atoms with Crippen molar-refractivity contribution in [3.63, 3.8) is 0 Å². The highest BCUT2D eigenvalue weighted by molar-refractivity contribution is 5.91. The van der Waals surface area contributed by atoms with Gasteiger partial charge >= 0.3 is 5.97 Å². The first-order chi connectivity index (χ1) is 8.65. The highest BCUT2D eigenvalue weighted by Crippen LogP contribution is 2.12. The minimum absolute atomic E-state index is 0.148. The zero-order valence-corrected chi connectivity index (χ0v) is 10.1. The van der Waals surface area contributed by atoms with Crippen molar-refractivity contribution in [1.29, 1.82) is 0 Å². The van der Waals surface area contributed by atoms with E-state index in [0.29, 0.717) is 17.5 Å². The molecule has 0 aliphatic heterocycles. The topological polar surface area (TPSA) is 68.4 Å². The molecule has 0 radical (unpaired) electrons. The summed E-state index contributed by atoms with van der Waals surface area (Å²) in [7, 11) is 2.86. The van der Waals surface area contributed by atoms with Crippen molar-refractivity contribution >= 4 is 16.9 Å². The fourth-order valence-electron chi connectivity index (χ4n) is 1.77. The van der Waals surface area contributed by atoms with Crippen LogP contribution in [-0.2, 0) is 16.1 Å². The quantitative estimate of drug-likeness (QED) is 0.834. The molecule has 0 unspecified atom stereocenters. The lowest BCUT2D eigenvalue weighted by Crippen LogP contribution is -2.11. The molecule has 0 bridgehead atoms. The van der Waals surface area contributed by atoms with E-state index in [2.05, 4.69) is 9.72 Å². The van der Waals surface area contributed by atoms with Gasteiger partial charge in [0.15, 0.2) is 5.43 Å². The lowest BCUT2D eigenvalue weighted by molar-refractivity contribution is 0.0594. The number of fused-ring (bicyclic) bond motifs is 1. The van der Waals surface area contributed by atoms with Crippen molar-refractivity contribution in [2.24, 2.45) is 0 Å². The van der Waals surface area contributed by atoms with E-state index < -0.39 is 5.97 Å². The maximum atomic E-state index is 11.9.